The molecule has 1 fully saturated rings. The molecule has 1 unspecified atom stereocenters. The monoisotopic (exact) mass is 406 g/mol. The van der Waals surface area contributed by atoms with Crippen molar-refractivity contribution in [2.45, 2.75) is 31.3 Å². The number of fused-ring (bicyclic) bond motifs is 1. The van der Waals surface area contributed by atoms with Gasteiger partial charge in [0.25, 0.3) is 0 Å². The molecule has 9 nitrogen and oxygen atoms in total. The molecule has 2 aromatic heterocycles. The molecule has 5 rings (SSSR count). The molecule has 2 N–H and O–H groups in total. The Morgan fingerprint density at radius 3 is 2.93 bits per heavy atom. The molecule has 0 radical (unpaired) electrons. The number of rotatable bonds is 6. The van der Waals surface area contributed by atoms with Gasteiger partial charge in [0.2, 0.25) is 18.6 Å². The van der Waals surface area contributed by atoms with E-state index in [0.717, 1.165) is 42.1 Å². The number of hydrogen-bond acceptors (Lipinski definition) is 7. The SMILES string of the molecule is NC(=O)CC1(c2ccnc(-n3ccnc3)n2)CCCN1Cc1ccc2c(c1)OCO2. The summed E-state index contributed by atoms with van der Waals surface area (Å²) in [5.74, 6) is 1.67. The lowest BCUT2D eigenvalue weighted by Crippen LogP contribution is -2.44. The van der Waals surface area contributed by atoms with Crippen LogP contribution in [0, 0.1) is 0 Å². The van der Waals surface area contributed by atoms with Gasteiger partial charge in [-0.05, 0) is 43.1 Å². The Morgan fingerprint density at radius 1 is 1.20 bits per heavy atom. The number of amides is 1. The van der Waals surface area contributed by atoms with Crippen molar-refractivity contribution in [1.82, 2.24) is 24.4 Å². The van der Waals surface area contributed by atoms with Crippen molar-refractivity contribution < 1.29 is 14.3 Å². The highest BCUT2D eigenvalue weighted by Crippen LogP contribution is 2.42. The number of primary amides is 1. The van der Waals surface area contributed by atoms with Gasteiger partial charge in [-0.1, -0.05) is 6.07 Å². The predicted octanol–water partition coefficient (Wildman–Crippen LogP) is 1.76. The number of imidazole rings is 1. The van der Waals surface area contributed by atoms with Crippen LogP contribution in [0.4, 0.5) is 0 Å². The Kier molecular flexibility index (Phi) is 4.59. The maximum Gasteiger partial charge on any atom is 0.235 e. The van der Waals surface area contributed by atoms with Crippen LogP contribution in [0.2, 0.25) is 0 Å². The number of carbonyl (C=O) groups excluding carboxylic acids is 1. The summed E-state index contributed by atoms with van der Waals surface area (Å²) in [6.45, 7) is 1.73. The molecule has 1 saturated heterocycles. The Hall–Kier alpha value is -3.46. The van der Waals surface area contributed by atoms with Gasteiger partial charge < -0.3 is 15.2 Å². The molecular formula is C21H22N6O3. The topological polar surface area (TPSA) is 108 Å². The molecule has 4 heterocycles. The van der Waals surface area contributed by atoms with Gasteiger partial charge in [-0.2, -0.15) is 0 Å². The second kappa shape index (κ2) is 7.42. The van der Waals surface area contributed by atoms with Crippen molar-refractivity contribution in [2.75, 3.05) is 13.3 Å². The first-order chi connectivity index (χ1) is 14.6. The summed E-state index contributed by atoms with van der Waals surface area (Å²) < 4.78 is 12.7. The van der Waals surface area contributed by atoms with Crippen LogP contribution in [0.25, 0.3) is 5.95 Å². The lowest BCUT2D eigenvalue weighted by Gasteiger charge is -2.37. The van der Waals surface area contributed by atoms with Gasteiger partial charge in [-0.15, -0.1) is 0 Å². The summed E-state index contributed by atoms with van der Waals surface area (Å²) in [6, 6.07) is 7.82. The van der Waals surface area contributed by atoms with Gasteiger partial charge in [-0.3, -0.25) is 14.3 Å². The number of nitrogens with zero attached hydrogens (tertiary/aromatic N) is 5. The summed E-state index contributed by atoms with van der Waals surface area (Å²) in [5.41, 5.74) is 6.99. The summed E-state index contributed by atoms with van der Waals surface area (Å²) in [5, 5.41) is 0. The number of ether oxygens (including phenoxy) is 2. The lowest BCUT2D eigenvalue weighted by atomic mass is 9.87. The average Bonchev–Trinajstić information content (AvgIpc) is 3.49. The van der Waals surface area contributed by atoms with E-state index in [9.17, 15) is 4.79 Å². The fraction of sp³-hybridized carbons (Fsp3) is 0.333. The van der Waals surface area contributed by atoms with E-state index < -0.39 is 5.54 Å². The zero-order valence-corrected chi connectivity index (χ0v) is 16.4. The number of aromatic nitrogens is 4. The molecule has 1 atom stereocenters. The van der Waals surface area contributed by atoms with Crippen molar-refractivity contribution in [2.24, 2.45) is 5.73 Å². The van der Waals surface area contributed by atoms with E-state index in [-0.39, 0.29) is 19.1 Å². The van der Waals surface area contributed by atoms with E-state index in [0.29, 0.717) is 12.5 Å². The molecule has 154 valence electrons. The Morgan fingerprint density at radius 2 is 2.10 bits per heavy atom. The summed E-state index contributed by atoms with van der Waals surface area (Å²) in [4.78, 5) is 27.6. The smallest absolute Gasteiger partial charge is 0.235 e. The van der Waals surface area contributed by atoms with E-state index in [4.69, 9.17) is 20.2 Å². The van der Waals surface area contributed by atoms with E-state index in [1.807, 2.05) is 24.3 Å². The average molecular weight is 406 g/mol. The van der Waals surface area contributed by atoms with Crippen LogP contribution in [-0.4, -0.2) is 43.7 Å². The van der Waals surface area contributed by atoms with Crippen LogP contribution < -0.4 is 15.2 Å². The van der Waals surface area contributed by atoms with Crippen molar-refractivity contribution in [1.29, 1.82) is 0 Å². The van der Waals surface area contributed by atoms with E-state index >= 15 is 0 Å². The van der Waals surface area contributed by atoms with Gasteiger partial charge in [0.1, 0.15) is 6.33 Å². The van der Waals surface area contributed by atoms with E-state index in [1.165, 1.54) is 0 Å². The highest BCUT2D eigenvalue weighted by molar-refractivity contribution is 5.75. The third kappa shape index (κ3) is 3.26. The predicted molar refractivity (Wildman–Crippen MR) is 107 cm³/mol. The first-order valence-corrected chi connectivity index (χ1v) is 9.88. The number of hydrogen-bond donors (Lipinski definition) is 1. The maximum atomic E-state index is 12.1. The second-order valence-electron chi connectivity index (χ2n) is 7.60. The standard InChI is InChI=1S/C21H22N6O3/c22-19(28)11-21(18-4-6-24-20(25-18)26-9-7-23-13-26)5-1-8-27(21)12-15-2-3-16-17(10-15)30-14-29-16/h2-4,6-7,9-10,13H,1,5,8,11-12,14H2,(H2,22,28). The minimum atomic E-state index is -0.583. The molecule has 3 aromatic rings. The van der Waals surface area contributed by atoms with Crippen LogP contribution in [0.3, 0.4) is 0 Å². The molecule has 0 spiro atoms. The van der Waals surface area contributed by atoms with E-state index in [1.54, 1.807) is 29.5 Å². The molecule has 0 aliphatic carbocycles. The van der Waals surface area contributed by atoms with Crippen molar-refractivity contribution in [3.63, 3.8) is 0 Å². The number of nitrogens with two attached hydrogens (primary N) is 1. The molecule has 0 saturated carbocycles. The van der Waals surface area contributed by atoms with Crippen LogP contribution in [0.1, 0.15) is 30.5 Å². The maximum absolute atomic E-state index is 12.1. The first-order valence-electron chi connectivity index (χ1n) is 9.88. The van der Waals surface area contributed by atoms with Gasteiger partial charge in [0.05, 0.1) is 17.7 Å². The van der Waals surface area contributed by atoms with Gasteiger partial charge >= 0.3 is 0 Å². The van der Waals surface area contributed by atoms with Gasteiger partial charge in [-0.25, -0.2) is 15.0 Å². The zero-order chi connectivity index (χ0) is 20.6. The third-order valence-corrected chi connectivity index (χ3v) is 5.76. The van der Waals surface area contributed by atoms with Crippen LogP contribution in [0.5, 0.6) is 11.5 Å². The molecule has 9 heteroatoms. The quantitative estimate of drug-likeness (QED) is 0.664. The summed E-state index contributed by atoms with van der Waals surface area (Å²) in [6.07, 6.45) is 8.77. The Bertz CT molecular complexity index is 1070. The minimum absolute atomic E-state index is 0.192. The molecule has 1 aromatic carbocycles. The summed E-state index contributed by atoms with van der Waals surface area (Å²) >= 11 is 0. The fourth-order valence-electron chi connectivity index (χ4n) is 4.40. The molecular weight excluding hydrogens is 384 g/mol. The molecule has 30 heavy (non-hydrogen) atoms. The van der Waals surface area contributed by atoms with Gasteiger partial charge in [0.15, 0.2) is 11.5 Å². The lowest BCUT2D eigenvalue weighted by molar-refractivity contribution is -0.121. The van der Waals surface area contributed by atoms with Crippen molar-refractivity contribution in [3.05, 3.63) is 60.4 Å². The van der Waals surface area contributed by atoms with Crippen LogP contribution >= 0.6 is 0 Å². The molecule has 1 amide bonds. The van der Waals surface area contributed by atoms with Crippen LogP contribution in [0.15, 0.2) is 49.2 Å². The third-order valence-electron chi connectivity index (χ3n) is 5.76. The largest absolute Gasteiger partial charge is 0.454 e. The van der Waals surface area contributed by atoms with Gasteiger partial charge in [0, 0.05) is 25.1 Å². The Labute approximate surface area is 173 Å². The zero-order valence-electron chi connectivity index (χ0n) is 16.4. The normalized spacial score (nSPS) is 20.5. The number of benzene rings is 1. The number of likely N-dealkylation sites (tertiary alicyclic amines) is 1. The first kappa shape index (κ1) is 18.6. The molecule has 2 aliphatic heterocycles. The second-order valence-corrected chi connectivity index (χ2v) is 7.60. The van der Waals surface area contributed by atoms with Crippen molar-refractivity contribution >= 4 is 5.91 Å². The van der Waals surface area contributed by atoms with E-state index in [2.05, 4.69) is 14.9 Å². The number of carbonyl (C=O) groups is 1. The molecule has 2 aliphatic rings. The highest BCUT2D eigenvalue weighted by Gasteiger charge is 2.45. The van der Waals surface area contributed by atoms with Crippen molar-refractivity contribution in [3.8, 4) is 17.4 Å². The Balaban J connectivity index is 1.51. The minimum Gasteiger partial charge on any atom is -0.454 e. The summed E-state index contributed by atoms with van der Waals surface area (Å²) in [7, 11) is 0. The molecule has 0 bridgehead atoms. The van der Waals surface area contributed by atoms with Crippen LogP contribution in [-0.2, 0) is 16.9 Å². The highest BCUT2D eigenvalue weighted by atomic mass is 16.7. The fourth-order valence-corrected chi connectivity index (χ4v) is 4.40.